The summed E-state index contributed by atoms with van der Waals surface area (Å²) in [6, 6.07) is 0. The Kier molecular flexibility index (Phi) is 15.5. The second-order valence-corrected chi connectivity index (χ2v) is 25.0. The fourth-order valence-corrected chi connectivity index (χ4v) is 15.8. The van der Waals surface area contributed by atoms with Gasteiger partial charge in [0.25, 0.3) is 0 Å². The van der Waals surface area contributed by atoms with Crippen molar-refractivity contribution in [3.05, 3.63) is 11.6 Å². The Balaban J connectivity index is 0.939. The summed E-state index contributed by atoms with van der Waals surface area (Å²) in [5.41, 5.74) is -2.70. The molecule has 74 heavy (non-hydrogen) atoms. The van der Waals surface area contributed by atoms with Gasteiger partial charge < -0.3 is 104 Å². The summed E-state index contributed by atoms with van der Waals surface area (Å²) >= 11 is 0. The molecule has 23 heteroatoms. The number of esters is 1. The smallest absolute Gasteiger partial charge is 0.335 e. The van der Waals surface area contributed by atoms with Gasteiger partial charge in [-0.2, -0.15) is 0 Å². The fourth-order valence-electron chi connectivity index (χ4n) is 15.8. The van der Waals surface area contributed by atoms with Crippen molar-refractivity contribution in [2.24, 2.45) is 50.2 Å². The highest BCUT2D eigenvalue weighted by Gasteiger charge is 2.72. The number of carboxylic acids is 1. The molecule has 9 aliphatic rings. The number of fused-ring (bicyclic) bond motifs is 7. The molecule has 0 aromatic rings. The minimum atomic E-state index is -2.03. The summed E-state index contributed by atoms with van der Waals surface area (Å²) in [6.07, 6.45) is -23.9. The van der Waals surface area contributed by atoms with E-state index in [1.807, 2.05) is 0 Å². The second-order valence-electron chi connectivity index (χ2n) is 25.0. The molecule has 8 fully saturated rings. The van der Waals surface area contributed by atoms with Gasteiger partial charge >= 0.3 is 11.9 Å². The molecule has 4 heterocycles. The molecule has 0 aromatic heterocycles. The minimum Gasteiger partial charge on any atom is -0.479 e. The van der Waals surface area contributed by atoms with Crippen LogP contribution in [0.3, 0.4) is 0 Å². The lowest BCUT2D eigenvalue weighted by Crippen LogP contribution is -2.70. The molecule has 9 rings (SSSR count). The number of hydrogen-bond donors (Lipinski definition) is 13. The maximum Gasteiger partial charge on any atom is 0.335 e. The Morgan fingerprint density at radius 3 is 1.84 bits per heavy atom. The van der Waals surface area contributed by atoms with Gasteiger partial charge in [0.05, 0.1) is 44.1 Å². The standard InChI is InChI=1S/C51H80O23/c1-46(2)11-13-51(45(66)74-43-34(61)31(58)26(19-69-43)70-41-32(59)29(56)24(54)17-67-41)14-12-49(5)21(22(51)15-46)7-8-28-47(3)16-23(53)39(48(4,20-52)27(47)9-10-50(28,49)6)73-44-36(63)37(35(62)38(72-44)40(64)65)71-42-33(60)30(57)25(55)18-68-42/h7,22-39,41-44,52-63H,8-20H2,1-6H3,(H,64,65)/t22-,23-,24-,25-,26-,27?,28?,29-,30-,31-,32+,33+,34+,35-,36+,37-,38-,39-,41-,42-,43-,44-,47-,48-,49+,50+,51-/m0/s1. The minimum absolute atomic E-state index is 0.0625. The van der Waals surface area contributed by atoms with E-state index in [4.69, 9.17) is 37.9 Å². The van der Waals surface area contributed by atoms with Crippen LogP contribution in [0.2, 0.25) is 0 Å². The first-order valence-corrected chi connectivity index (χ1v) is 26.3. The van der Waals surface area contributed by atoms with Gasteiger partial charge in [0.2, 0.25) is 6.29 Å². The predicted molar refractivity (Wildman–Crippen MR) is 248 cm³/mol. The van der Waals surface area contributed by atoms with Gasteiger partial charge in [-0.3, -0.25) is 4.79 Å². The Morgan fingerprint density at radius 1 is 0.622 bits per heavy atom. The normalized spacial score (nSPS) is 54.3. The summed E-state index contributed by atoms with van der Waals surface area (Å²) < 4.78 is 46.0. The van der Waals surface area contributed by atoms with Crippen LogP contribution in [0.1, 0.15) is 99.3 Å². The van der Waals surface area contributed by atoms with E-state index in [2.05, 4.69) is 40.7 Å². The SMILES string of the molecule is CC1(C)CC[C@]2(C(=O)O[C@@H]3OC[C@H](O[C@@H]4OC[C@H](O)[C@H](O)[C@H]4O)[C@H](O)[C@H]3O)CC[C@]3(C)C(=CCC4[C@@]5(C)C[C@H](O)[C@H](O[C@@H]6O[C@H](C(=O)O)[C@@H](O)[C@H](O[C@@H]7OC[C@H](O)[C@H](O)[C@H]7O)[C@H]6O)[C@@](C)(CO)C5CC[C@]43C)[C@@H]2C1. The molecule has 13 N–H and O–H groups in total. The predicted octanol–water partition coefficient (Wildman–Crippen LogP) is -2.08. The van der Waals surface area contributed by atoms with Crippen molar-refractivity contribution in [3.8, 4) is 0 Å². The van der Waals surface area contributed by atoms with Crippen molar-refractivity contribution in [1.29, 1.82) is 0 Å². The number of hydrogen-bond acceptors (Lipinski definition) is 22. The van der Waals surface area contributed by atoms with Crippen molar-refractivity contribution in [3.63, 3.8) is 0 Å². The van der Waals surface area contributed by atoms with E-state index < -0.39 is 169 Å². The second kappa shape index (κ2) is 20.2. The zero-order valence-corrected chi connectivity index (χ0v) is 42.9. The molecular formula is C51H80O23. The molecule has 2 unspecified atom stereocenters. The van der Waals surface area contributed by atoms with E-state index in [1.54, 1.807) is 6.92 Å². The first-order valence-electron chi connectivity index (χ1n) is 26.3. The lowest BCUT2D eigenvalue weighted by molar-refractivity contribution is -0.364. The van der Waals surface area contributed by atoms with Crippen LogP contribution < -0.4 is 0 Å². The van der Waals surface area contributed by atoms with E-state index in [1.165, 1.54) is 0 Å². The van der Waals surface area contributed by atoms with Crippen molar-refractivity contribution in [2.45, 2.75) is 216 Å². The first-order chi connectivity index (χ1) is 34.6. The average molecular weight is 1060 g/mol. The molecule has 0 radical (unpaired) electrons. The van der Waals surface area contributed by atoms with Crippen LogP contribution in [0.25, 0.3) is 0 Å². The Bertz CT molecular complexity index is 2100. The van der Waals surface area contributed by atoms with E-state index in [0.29, 0.717) is 44.9 Å². The Morgan fingerprint density at radius 2 is 1.22 bits per heavy atom. The summed E-state index contributed by atoms with van der Waals surface area (Å²) in [4.78, 5) is 27.3. The topological polar surface area (TPSA) is 371 Å². The molecule has 27 atom stereocenters. The van der Waals surface area contributed by atoms with Crippen LogP contribution in [-0.2, 0) is 47.5 Å². The number of carbonyl (C=O) groups excluding carboxylic acids is 1. The fraction of sp³-hybridized carbons (Fsp3) is 0.922. The third-order valence-electron chi connectivity index (χ3n) is 20.3. The summed E-state index contributed by atoms with van der Waals surface area (Å²) in [5.74, 6) is -2.81. The largest absolute Gasteiger partial charge is 0.479 e. The third-order valence-corrected chi connectivity index (χ3v) is 20.3. The molecule has 422 valence electrons. The maximum atomic E-state index is 14.9. The first kappa shape index (κ1) is 56.6. The van der Waals surface area contributed by atoms with Crippen LogP contribution >= 0.6 is 0 Å². The highest BCUT2D eigenvalue weighted by Crippen LogP contribution is 2.76. The van der Waals surface area contributed by atoms with Gasteiger partial charge in [-0.05, 0) is 97.2 Å². The molecule has 0 aromatic carbocycles. The molecular weight excluding hydrogens is 981 g/mol. The van der Waals surface area contributed by atoms with Crippen LogP contribution in [0.15, 0.2) is 11.6 Å². The summed E-state index contributed by atoms with van der Waals surface area (Å²) in [5, 5.41) is 140. The highest BCUT2D eigenvalue weighted by molar-refractivity contribution is 5.79. The average Bonchev–Trinajstić information content (AvgIpc) is 3.34. The summed E-state index contributed by atoms with van der Waals surface area (Å²) in [6.45, 7) is 11.2. The zero-order chi connectivity index (χ0) is 54.0. The van der Waals surface area contributed by atoms with Gasteiger partial charge in [-0.15, -0.1) is 0 Å². The van der Waals surface area contributed by atoms with Gasteiger partial charge in [0.15, 0.2) is 25.0 Å². The number of rotatable bonds is 10. The number of aliphatic carboxylic acids is 1. The zero-order valence-electron chi connectivity index (χ0n) is 42.9. The lowest BCUT2D eigenvalue weighted by atomic mass is 9.33. The quantitative estimate of drug-likeness (QED) is 0.0634. The van der Waals surface area contributed by atoms with Gasteiger partial charge in [-0.25, -0.2) is 4.79 Å². The van der Waals surface area contributed by atoms with E-state index in [-0.39, 0.29) is 42.8 Å². The van der Waals surface area contributed by atoms with Gasteiger partial charge in [0, 0.05) is 5.41 Å². The van der Waals surface area contributed by atoms with E-state index in [0.717, 1.165) is 12.0 Å². The molecule has 23 nitrogen and oxygen atoms in total. The number of allylic oxidation sites excluding steroid dienone is 2. The summed E-state index contributed by atoms with van der Waals surface area (Å²) in [7, 11) is 0. The van der Waals surface area contributed by atoms with Gasteiger partial charge in [-0.1, -0.05) is 53.2 Å². The molecule has 4 saturated heterocycles. The van der Waals surface area contributed by atoms with Crippen LogP contribution in [0, 0.1) is 50.2 Å². The maximum absolute atomic E-state index is 14.9. The van der Waals surface area contributed by atoms with Crippen LogP contribution in [0.4, 0.5) is 0 Å². The highest BCUT2D eigenvalue weighted by atomic mass is 16.8. The molecule has 0 spiro atoms. The van der Waals surface area contributed by atoms with E-state index in [9.17, 15) is 76.0 Å². The number of ether oxygens (including phenoxy) is 8. The van der Waals surface area contributed by atoms with Crippen molar-refractivity contribution >= 4 is 11.9 Å². The van der Waals surface area contributed by atoms with Crippen LogP contribution in [-0.4, -0.2) is 221 Å². The Hall–Kier alpha value is -2.08. The molecule has 0 bridgehead atoms. The third kappa shape index (κ3) is 9.02. The molecule has 4 saturated carbocycles. The lowest BCUT2D eigenvalue weighted by Gasteiger charge is -2.71. The number of aliphatic hydroxyl groups is 12. The molecule has 5 aliphatic carbocycles. The van der Waals surface area contributed by atoms with Gasteiger partial charge in [0.1, 0.15) is 73.2 Å². The number of carboxylic acid groups (broad SMARTS) is 1. The van der Waals surface area contributed by atoms with Crippen molar-refractivity contribution in [1.82, 2.24) is 0 Å². The van der Waals surface area contributed by atoms with E-state index >= 15 is 0 Å². The van der Waals surface area contributed by atoms with Crippen molar-refractivity contribution < 1.29 is 114 Å². The monoisotopic (exact) mass is 1060 g/mol. The number of aliphatic hydroxyl groups excluding tert-OH is 12. The van der Waals surface area contributed by atoms with Crippen LogP contribution in [0.5, 0.6) is 0 Å². The molecule has 4 aliphatic heterocycles. The molecule has 0 amide bonds. The Labute approximate surface area is 429 Å². The number of carbonyl (C=O) groups is 2. The van der Waals surface area contributed by atoms with Crippen molar-refractivity contribution in [2.75, 3.05) is 26.4 Å².